The topological polar surface area (TPSA) is 141 Å². The molecule has 0 aromatic heterocycles. The van der Waals surface area contributed by atoms with Gasteiger partial charge in [0.15, 0.2) is 0 Å². The van der Waals surface area contributed by atoms with Crippen molar-refractivity contribution >= 4 is 21.4 Å². The second-order valence-electron chi connectivity index (χ2n) is 5.05. The van der Waals surface area contributed by atoms with Crippen molar-refractivity contribution < 1.29 is 13.3 Å². The predicted molar refractivity (Wildman–Crippen MR) is 73.7 cm³/mol. The smallest absolute Gasteiger partial charge is 0.293 e. The minimum atomic E-state index is -3.97. The van der Waals surface area contributed by atoms with Crippen molar-refractivity contribution in [3.63, 3.8) is 0 Å². The van der Waals surface area contributed by atoms with Crippen LogP contribution in [0.25, 0.3) is 0 Å². The molecule has 9 heteroatoms. The van der Waals surface area contributed by atoms with Crippen LogP contribution in [-0.4, -0.2) is 25.4 Å². The lowest BCUT2D eigenvalue weighted by atomic mass is 9.78. The number of hydrogen-bond acceptors (Lipinski definition) is 6. The minimum Gasteiger partial charge on any atom is -0.378 e. The van der Waals surface area contributed by atoms with E-state index in [1.54, 1.807) is 0 Å². The van der Waals surface area contributed by atoms with Crippen LogP contribution in [0.3, 0.4) is 0 Å². The standard InChI is InChI=1S/C11H16N4O4S/c12-11(4-1-5-11)7-14-9-3-2-8(20(13,18)19)6-10(9)15(16)17/h2-3,6,14H,1,4-5,7,12H2,(H2,13,18,19). The molecule has 0 unspecified atom stereocenters. The van der Waals surface area contributed by atoms with E-state index in [-0.39, 0.29) is 21.8 Å². The van der Waals surface area contributed by atoms with E-state index in [1.165, 1.54) is 12.1 Å². The number of nitro groups is 1. The van der Waals surface area contributed by atoms with Gasteiger partial charge in [0.2, 0.25) is 10.0 Å². The molecule has 5 N–H and O–H groups in total. The predicted octanol–water partition coefficient (Wildman–Crippen LogP) is 0.536. The summed E-state index contributed by atoms with van der Waals surface area (Å²) in [6.07, 6.45) is 2.77. The third kappa shape index (κ3) is 3.06. The fourth-order valence-corrected chi connectivity index (χ4v) is 2.60. The third-order valence-electron chi connectivity index (χ3n) is 3.47. The molecule has 110 valence electrons. The van der Waals surface area contributed by atoms with E-state index in [0.29, 0.717) is 6.54 Å². The molecule has 1 saturated carbocycles. The Bertz CT molecular complexity index is 640. The van der Waals surface area contributed by atoms with Gasteiger partial charge in [0.1, 0.15) is 5.69 Å². The number of sulfonamides is 1. The molecule has 1 aromatic carbocycles. The van der Waals surface area contributed by atoms with Crippen LogP contribution in [0.2, 0.25) is 0 Å². The van der Waals surface area contributed by atoms with Gasteiger partial charge in [-0.05, 0) is 31.4 Å². The van der Waals surface area contributed by atoms with Gasteiger partial charge in [-0.1, -0.05) is 0 Å². The van der Waals surface area contributed by atoms with E-state index >= 15 is 0 Å². The number of benzene rings is 1. The molecule has 20 heavy (non-hydrogen) atoms. The van der Waals surface area contributed by atoms with E-state index in [4.69, 9.17) is 10.9 Å². The SMILES string of the molecule is NC1(CNc2ccc(S(N)(=O)=O)cc2[N+](=O)[O-])CCC1. The van der Waals surface area contributed by atoms with Crippen LogP contribution in [0, 0.1) is 10.1 Å². The van der Waals surface area contributed by atoms with Crippen LogP contribution in [0.4, 0.5) is 11.4 Å². The normalized spacial score (nSPS) is 17.3. The summed E-state index contributed by atoms with van der Waals surface area (Å²) in [4.78, 5) is 10.1. The Kier molecular flexibility index (Phi) is 3.67. The largest absolute Gasteiger partial charge is 0.378 e. The van der Waals surface area contributed by atoms with E-state index in [0.717, 1.165) is 25.3 Å². The van der Waals surface area contributed by atoms with Crippen molar-refractivity contribution in [2.75, 3.05) is 11.9 Å². The van der Waals surface area contributed by atoms with Gasteiger partial charge in [-0.3, -0.25) is 10.1 Å². The summed E-state index contributed by atoms with van der Waals surface area (Å²) in [6.45, 7) is 0.405. The number of nitrogens with one attached hydrogen (secondary N) is 1. The Labute approximate surface area is 116 Å². The number of anilines is 1. The number of nitrogens with zero attached hydrogens (tertiary/aromatic N) is 1. The summed E-state index contributed by atoms with van der Waals surface area (Å²) < 4.78 is 22.4. The Hall–Kier alpha value is -1.71. The number of nitrogens with two attached hydrogens (primary N) is 2. The number of nitro benzene ring substituents is 1. The second-order valence-corrected chi connectivity index (χ2v) is 6.61. The van der Waals surface area contributed by atoms with Crippen molar-refractivity contribution in [1.29, 1.82) is 0 Å². The molecule has 8 nitrogen and oxygen atoms in total. The van der Waals surface area contributed by atoms with Gasteiger partial charge in [-0.15, -0.1) is 0 Å². The van der Waals surface area contributed by atoms with Gasteiger partial charge in [-0.2, -0.15) is 0 Å². The Balaban J connectivity index is 2.26. The zero-order valence-corrected chi connectivity index (χ0v) is 11.5. The number of primary sulfonamides is 1. The molecule has 1 aliphatic carbocycles. The average Bonchev–Trinajstić information content (AvgIpc) is 2.32. The Morgan fingerprint density at radius 2 is 2.05 bits per heavy atom. The highest BCUT2D eigenvalue weighted by atomic mass is 32.2. The Morgan fingerprint density at radius 3 is 2.50 bits per heavy atom. The van der Waals surface area contributed by atoms with Gasteiger partial charge < -0.3 is 11.1 Å². The molecule has 0 atom stereocenters. The fraction of sp³-hybridized carbons (Fsp3) is 0.455. The lowest BCUT2D eigenvalue weighted by Crippen LogP contribution is -2.52. The molecule has 0 heterocycles. The molecule has 0 saturated heterocycles. The van der Waals surface area contributed by atoms with E-state index in [1.807, 2.05) is 0 Å². The first-order valence-electron chi connectivity index (χ1n) is 6.05. The molecule has 0 bridgehead atoms. The van der Waals surface area contributed by atoms with E-state index < -0.39 is 14.9 Å². The van der Waals surface area contributed by atoms with Crippen molar-refractivity contribution in [3.8, 4) is 0 Å². The third-order valence-corrected chi connectivity index (χ3v) is 4.39. The first kappa shape index (κ1) is 14.7. The molecular formula is C11H16N4O4S. The van der Waals surface area contributed by atoms with Crippen LogP contribution in [0.15, 0.2) is 23.1 Å². The molecule has 1 aromatic rings. The fourth-order valence-electron chi connectivity index (χ4n) is 2.07. The van der Waals surface area contributed by atoms with Crippen LogP contribution in [-0.2, 0) is 10.0 Å². The molecule has 0 aliphatic heterocycles. The van der Waals surface area contributed by atoms with E-state index in [2.05, 4.69) is 5.32 Å². The average molecular weight is 300 g/mol. The molecule has 0 spiro atoms. The van der Waals surface area contributed by atoms with Crippen molar-refractivity contribution in [3.05, 3.63) is 28.3 Å². The maximum atomic E-state index is 11.2. The van der Waals surface area contributed by atoms with Crippen LogP contribution >= 0.6 is 0 Å². The summed E-state index contributed by atoms with van der Waals surface area (Å²) in [5.41, 5.74) is 5.59. The van der Waals surface area contributed by atoms with Crippen LogP contribution in [0.5, 0.6) is 0 Å². The quantitative estimate of drug-likeness (QED) is 0.535. The Morgan fingerprint density at radius 1 is 1.40 bits per heavy atom. The molecule has 1 aliphatic rings. The highest BCUT2D eigenvalue weighted by Gasteiger charge is 2.32. The lowest BCUT2D eigenvalue weighted by molar-refractivity contribution is -0.384. The molecule has 0 radical (unpaired) electrons. The number of rotatable bonds is 5. The first-order valence-corrected chi connectivity index (χ1v) is 7.60. The summed E-state index contributed by atoms with van der Waals surface area (Å²) >= 11 is 0. The molecular weight excluding hydrogens is 284 g/mol. The molecule has 0 amide bonds. The molecule has 2 rings (SSSR count). The zero-order valence-electron chi connectivity index (χ0n) is 10.7. The van der Waals surface area contributed by atoms with E-state index in [9.17, 15) is 18.5 Å². The minimum absolute atomic E-state index is 0.235. The highest BCUT2D eigenvalue weighted by molar-refractivity contribution is 7.89. The van der Waals surface area contributed by atoms with Gasteiger partial charge in [0, 0.05) is 18.2 Å². The number of hydrogen-bond donors (Lipinski definition) is 3. The monoisotopic (exact) mass is 300 g/mol. The van der Waals surface area contributed by atoms with Gasteiger partial charge in [0.05, 0.1) is 9.82 Å². The van der Waals surface area contributed by atoms with Gasteiger partial charge >= 0.3 is 0 Å². The lowest BCUT2D eigenvalue weighted by Gasteiger charge is -2.38. The summed E-state index contributed by atoms with van der Waals surface area (Å²) in [6, 6.07) is 3.51. The maximum absolute atomic E-state index is 11.2. The summed E-state index contributed by atoms with van der Waals surface area (Å²) in [7, 11) is -3.97. The van der Waals surface area contributed by atoms with Crippen molar-refractivity contribution in [1.82, 2.24) is 0 Å². The summed E-state index contributed by atoms with van der Waals surface area (Å²) in [5.74, 6) is 0. The van der Waals surface area contributed by atoms with Gasteiger partial charge in [-0.25, -0.2) is 13.6 Å². The van der Waals surface area contributed by atoms with Gasteiger partial charge in [0.25, 0.3) is 5.69 Å². The van der Waals surface area contributed by atoms with Crippen molar-refractivity contribution in [2.45, 2.75) is 29.7 Å². The maximum Gasteiger partial charge on any atom is 0.293 e. The second kappa shape index (κ2) is 5.00. The zero-order chi connectivity index (χ0) is 15.0. The van der Waals surface area contributed by atoms with Crippen molar-refractivity contribution in [2.24, 2.45) is 10.9 Å². The highest BCUT2D eigenvalue weighted by Crippen LogP contribution is 2.32. The first-order chi connectivity index (χ1) is 9.21. The molecule has 1 fully saturated rings. The van der Waals surface area contributed by atoms with Crippen LogP contribution in [0.1, 0.15) is 19.3 Å². The van der Waals surface area contributed by atoms with Crippen LogP contribution < -0.4 is 16.2 Å². The summed E-state index contributed by atoms with van der Waals surface area (Å²) in [5, 5.41) is 18.9.